The predicted molar refractivity (Wildman–Crippen MR) is 177 cm³/mol. The van der Waals surface area contributed by atoms with E-state index in [0.29, 0.717) is 16.0 Å². The second kappa shape index (κ2) is 12.8. The quantitative estimate of drug-likeness (QED) is 0.219. The van der Waals surface area contributed by atoms with Crippen molar-refractivity contribution in [3.8, 4) is 10.4 Å². The highest BCUT2D eigenvalue weighted by Gasteiger charge is 2.51. The Labute approximate surface area is 274 Å². The molecule has 0 atom stereocenters. The van der Waals surface area contributed by atoms with Gasteiger partial charge in [-0.15, -0.1) is 11.3 Å². The Kier molecular flexibility index (Phi) is 9.31. The fraction of sp³-hybridized carbons (Fsp3) is 0.455. The van der Waals surface area contributed by atoms with Crippen molar-refractivity contribution in [2.45, 2.75) is 101 Å². The molecule has 6 rings (SSSR count). The van der Waals surface area contributed by atoms with Gasteiger partial charge in [-0.3, -0.25) is 10.1 Å². The Morgan fingerprint density at radius 2 is 1.61 bits per heavy atom. The number of imide groups is 1. The summed E-state index contributed by atoms with van der Waals surface area (Å²) in [4.78, 5) is 43.0. The molecule has 0 radical (unpaired) electrons. The maximum Gasteiger partial charge on any atom is 0.407 e. The van der Waals surface area contributed by atoms with Crippen LogP contribution in [0.25, 0.3) is 10.4 Å². The van der Waals surface area contributed by atoms with Crippen LogP contribution in [-0.4, -0.2) is 48.6 Å². The number of rotatable bonds is 8. The van der Waals surface area contributed by atoms with E-state index in [1.165, 1.54) is 17.4 Å². The number of alkyl carbamates (subject to hydrolysis) is 1. The van der Waals surface area contributed by atoms with Gasteiger partial charge in [0.05, 0.1) is 20.9 Å². The molecule has 13 heteroatoms. The molecule has 2 bridgehead atoms. The first-order valence-corrected chi connectivity index (χ1v) is 17.7. The third kappa shape index (κ3) is 7.59. The molecule has 246 valence electrons. The molecule has 11 nitrogen and oxygen atoms in total. The molecular formula is C33H41N5O6S2. The lowest BCUT2D eigenvalue weighted by Gasteiger charge is -2.52. The molecule has 4 amide bonds. The normalized spacial score (nSPS) is 21.1. The Morgan fingerprint density at radius 3 is 2.22 bits per heavy atom. The van der Waals surface area contributed by atoms with Gasteiger partial charge in [0.1, 0.15) is 0 Å². The topological polar surface area (TPSA) is 156 Å². The molecule has 46 heavy (non-hydrogen) atoms. The van der Waals surface area contributed by atoms with Gasteiger partial charge in [0, 0.05) is 39.5 Å². The van der Waals surface area contributed by atoms with E-state index in [9.17, 15) is 22.8 Å². The van der Waals surface area contributed by atoms with Gasteiger partial charge < -0.3 is 15.4 Å². The van der Waals surface area contributed by atoms with Crippen molar-refractivity contribution >= 4 is 45.1 Å². The van der Waals surface area contributed by atoms with Crippen molar-refractivity contribution in [1.82, 2.24) is 20.3 Å². The van der Waals surface area contributed by atoms with E-state index < -0.39 is 27.5 Å². The minimum atomic E-state index is -4.04. The maximum absolute atomic E-state index is 13.7. The van der Waals surface area contributed by atoms with Crippen molar-refractivity contribution in [1.29, 1.82) is 0 Å². The summed E-state index contributed by atoms with van der Waals surface area (Å²) in [6.45, 7) is 8.92. The first kappa shape index (κ1) is 33.6. The lowest BCUT2D eigenvalue weighted by Crippen LogP contribution is -2.58. The summed E-state index contributed by atoms with van der Waals surface area (Å²) in [5.41, 5.74) is -0.182. The number of hydrogen-bond donors (Lipinski definition) is 4. The van der Waals surface area contributed by atoms with Crippen molar-refractivity contribution in [3.05, 3.63) is 65.3 Å². The number of amides is 4. The first-order valence-electron chi connectivity index (χ1n) is 15.4. The number of fused-ring (bicyclic) bond motifs is 3. The Hall–Kier alpha value is -3.81. The van der Waals surface area contributed by atoms with Gasteiger partial charge >= 0.3 is 12.1 Å². The summed E-state index contributed by atoms with van der Waals surface area (Å²) in [7, 11) is -4.04. The zero-order valence-electron chi connectivity index (χ0n) is 26.7. The summed E-state index contributed by atoms with van der Waals surface area (Å²) in [5, 5.41) is 8.94. The largest absolute Gasteiger partial charge is 0.447 e. The molecule has 3 aliphatic carbocycles. The average molecular weight is 668 g/mol. The van der Waals surface area contributed by atoms with Crippen LogP contribution in [0.3, 0.4) is 0 Å². The lowest BCUT2D eigenvalue weighted by molar-refractivity contribution is 0.0560. The number of urea groups is 1. The van der Waals surface area contributed by atoms with Crippen LogP contribution < -0.4 is 20.7 Å². The van der Waals surface area contributed by atoms with Gasteiger partial charge in [-0.2, -0.15) is 0 Å². The number of ether oxygens (including phenoxy) is 1. The van der Waals surface area contributed by atoms with Crippen LogP contribution in [0.5, 0.6) is 0 Å². The molecule has 0 spiro atoms. The average Bonchev–Trinajstić information content (AvgIpc) is 3.48. The lowest BCUT2D eigenvalue weighted by atomic mass is 9.57. The van der Waals surface area contributed by atoms with Crippen LogP contribution in [0.4, 0.5) is 15.3 Å². The number of nitrogens with zero attached hydrogens (tertiary/aromatic N) is 1. The van der Waals surface area contributed by atoms with Crippen molar-refractivity contribution in [2.24, 2.45) is 0 Å². The van der Waals surface area contributed by atoms with Crippen molar-refractivity contribution in [3.63, 3.8) is 0 Å². The second-order valence-corrected chi connectivity index (χ2v) is 16.2. The smallest absolute Gasteiger partial charge is 0.407 e. The molecule has 4 N–H and O–H groups in total. The highest BCUT2D eigenvalue weighted by atomic mass is 32.2. The number of sulfonamides is 1. The van der Waals surface area contributed by atoms with E-state index in [1.54, 1.807) is 69.4 Å². The molecule has 0 unspecified atom stereocenters. The van der Waals surface area contributed by atoms with E-state index in [2.05, 4.69) is 20.7 Å². The van der Waals surface area contributed by atoms with Gasteiger partial charge in [0.15, 0.2) is 0 Å². The Balaban J connectivity index is 1.38. The predicted octanol–water partition coefficient (Wildman–Crippen LogP) is 6.33. The molecule has 1 heterocycles. The van der Waals surface area contributed by atoms with Gasteiger partial charge in [0.2, 0.25) is 10.0 Å². The molecule has 2 aromatic carbocycles. The number of nitrogens with one attached hydrogen (secondary N) is 4. The van der Waals surface area contributed by atoms with E-state index >= 15 is 0 Å². The van der Waals surface area contributed by atoms with Crippen LogP contribution in [0.15, 0.2) is 59.6 Å². The van der Waals surface area contributed by atoms with Crippen molar-refractivity contribution in [2.75, 3.05) is 5.32 Å². The highest BCUT2D eigenvalue weighted by Crippen LogP contribution is 2.55. The van der Waals surface area contributed by atoms with E-state index in [-0.39, 0.29) is 33.7 Å². The van der Waals surface area contributed by atoms with Gasteiger partial charge in [0.25, 0.3) is 5.91 Å². The number of benzene rings is 2. The molecule has 3 aliphatic rings. The van der Waals surface area contributed by atoms with E-state index in [0.717, 1.165) is 43.5 Å². The first-order chi connectivity index (χ1) is 21.6. The molecule has 1 aromatic heterocycles. The minimum Gasteiger partial charge on any atom is -0.447 e. The van der Waals surface area contributed by atoms with Crippen LogP contribution >= 0.6 is 11.3 Å². The molecular weight excluding hydrogens is 627 g/mol. The SMILES string of the molecule is CC(C)OC(=O)NC12CCC(c3ncc(-c4ccc(NC(=O)NC(=O)c5ccccc5)cc4S(=O)(=O)NC(C)(C)C)s3)(CC1)CC2. The van der Waals surface area contributed by atoms with Crippen LogP contribution in [0.1, 0.15) is 88.5 Å². The molecule has 3 fully saturated rings. The molecule has 3 saturated carbocycles. The summed E-state index contributed by atoms with van der Waals surface area (Å²) in [5.74, 6) is -0.581. The fourth-order valence-electron chi connectivity index (χ4n) is 6.21. The maximum atomic E-state index is 13.7. The number of hydrogen-bond acceptors (Lipinski definition) is 8. The summed E-state index contributed by atoms with van der Waals surface area (Å²) < 4.78 is 35.5. The Morgan fingerprint density at radius 1 is 0.957 bits per heavy atom. The van der Waals surface area contributed by atoms with Gasteiger partial charge in [-0.05, 0) is 97.4 Å². The van der Waals surface area contributed by atoms with Crippen molar-refractivity contribution < 1.29 is 27.5 Å². The second-order valence-electron chi connectivity index (χ2n) is 13.5. The Bertz CT molecular complexity index is 1710. The van der Waals surface area contributed by atoms with Gasteiger partial charge in [-0.1, -0.05) is 24.3 Å². The zero-order valence-corrected chi connectivity index (χ0v) is 28.4. The minimum absolute atomic E-state index is 0.0125. The van der Waals surface area contributed by atoms with Gasteiger partial charge in [-0.25, -0.2) is 27.7 Å². The standard InChI is InChI=1S/C33H41N5O6S2/c1-21(2)44-30(41)37-33-16-13-32(14-17-33,15-18-33)28-34-20-25(45-28)24-12-11-23(19-26(24)46(42,43)38-31(3,4)5)35-29(40)36-27(39)22-9-7-6-8-10-22/h6-12,19-21,38H,13-18H2,1-5H3,(H,37,41)(H2,35,36,39,40). The zero-order chi connectivity index (χ0) is 33.3. The van der Waals surface area contributed by atoms with Crippen LogP contribution in [-0.2, 0) is 20.2 Å². The number of aromatic nitrogens is 1. The van der Waals surface area contributed by atoms with E-state index in [1.807, 2.05) is 13.8 Å². The molecule has 0 saturated heterocycles. The number of carbonyl (C=O) groups excluding carboxylic acids is 3. The summed E-state index contributed by atoms with van der Waals surface area (Å²) in [6, 6.07) is 12.2. The van der Waals surface area contributed by atoms with E-state index in [4.69, 9.17) is 9.72 Å². The monoisotopic (exact) mass is 667 g/mol. The third-order valence-electron chi connectivity index (χ3n) is 8.41. The number of anilines is 1. The van der Waals surface area contributed by atoms with Crippen LogP contribution in [0.2, 0.25) is 0 Å². The molecule has 3 aromatic rings. The number of carbonyl (C=O) groups is 3. The third-order valence-corrected chi connectivity index (χ3v) is 11.5. The summed E-state index contributed by atoms with van der Waals surface area (Å²) >= 11 is 1.48. The number of thiazole rings is 1. The highest BCUT2D eigenvalue weighted by molar-refractivity contribution is 7.89. The fourth-order valence-corrected chi connectivity index (χ4v) is 9.17. The van der Waals surface area contributed by atoms with Crippen LogP contribution in [0, 0.1) is 0 Å². The molecule has 0 aliphatic heterocycles. The summed E-state index contributed by atoms with van der Waals surface area (Å²) in [6.07, 6.45) is 6.19.